The number of nitrogens with zero attached hydrogens (tertiary/aromatic N) is 2. The zero-order valence-electron chi connectivity index (χ0n) is 11.0. The number of halogens is 2. The molecule has 0 unspecified atom stereocenters. The second-order valence-electron chi connectivity index (χ2n) is 4.64. The number of urea groups is 1. The topological polar surface area (TPSA) is 55.8 Å². The summed E-state index contributed by atoms with van der Waals surface area (Å²) in [6.07, 6.45) is 0. The van der Waals surface area contributed by atoms with Gasteiger partial charge in [-0.3, -0.25) is 4.90 Å². The average Bonchev–Trinajstić information content (AvgIpc) is 2.38. The number of piperazine rings is 1. The van der Waals surface area contributed by atoms with Crippen molar-refractivity contribution in [3.63, 3.8) is 0 Å². The average molecular weight is 346 g/mol. The second-order valence-corrected chi connectivity index (χ2v) is 5.56. The predicted molar refractivity (Wildman–Crippen MR) is 78.2 cm³/mol. The Hall–Kier alpha value is -1.18. The lowest BCUT2D eigenvalue weighted by Crippen LogP contribution is -2.50. The number of nitrogens with one attached hydrogen (secondary N) is 1. The molecule has 2 rings (SSSR count). The van der Waals surface area contributed by atoms with Gasteiger partial charge in [0.15, 0.2) is 0 Å². The van der Waals surface area contributed by atoms with Gasteiger partial charge in [-0.1, -0.05) is 15.9 Å². The number of anilines is 1. The first-order valence-corrected chi connectivity index (χ1v) is 7.23. The van der Waals surface area contributed by atoms with Crippen molar-refractivity contribution in [2.24, 2.45) is 0 Å². The number of β-amino-alcohol motifs (C(OH)–C–C–N with tert-alkyl or cyclic N) is 1. The maximum Gasteiger partial charge on any atom is 0.321 e. The van der Waals surface area contributed by atoms with Crippen molar-refractivity contribution >= 4 is 27.6 Å². The fourth-order valence-corrected chi connectivity index (χ4v) is 2.61. The molecule has 2 amide bonds. The molecule has 0 aliphatic carbocycles. The second kappa shape index (κ2) is 7.01. The van der Waals surface area contributed by atoms with Crippen LogP contribution in [0.25, 0.3) is 0 Å². The fourth-order valence-electron chi connectivity index (χ4n) is 2.14. The molecule has 110 valence electrons. The van der Waals surface area contributed by atoms with E-state index in [-0.39, 0.29) is 12.6 Å². The van der Waals surface area contributed by atoms with Crippen LogP contribution < -0.4 is 5.32 Å². The molecule has 1 heterocycles. The van der Waals surface area contributed by atoms with Crippen molar-refractivity contribution in [3.8, 4) is 0 Å². The third-order valence-corrected chi connectivity index (χ3v) is 3.65. The van der Waals surface area contributed by atoms with E-state index in [1.807, 2.05) is 0 Å². The normalized spacial score (nSPS) is 16.2. The van der Waals surface area contributed by atoms with Crippen molar-refractivity contribution in [3.05, 3.63) is 28.5 Å². The zero-order valence-corrected chi connectivity index (χ0v) is 12.6. The van der Waals surface area contributed by atoms with Crippen molar-refractivity contribution in [1.29, 1.82) is 0 Å². The van der Waals surface area contributed by atoms with E-state index in [1.165, 1.54) is 12.1 Å². The molecule has 5 nitrogen and oxygen atoms in total. The highest BCUT2D eigenvalue weighted by Crippen LogP contribution is 2.19. The van der Waals surface area contributed by atoms with Crippen molar-refractivity contribution in [2.45, 2.75) is 0 Å². The first-order chi connectivity index (χ1) is 9.58. The Labute approximate surface area is 125 Å². The maximum absolute atomic E-state index is 13.2. The zero-order chi connectivity index (χ0) is 14.5. The monoisotopic (exact) mass is 345 g/mol. The molecule has 7 heteroatoms. The van der Waals surface area contributed by atoms with Gasteiger partial charge in [0.05, 0.1) is 6.61 Å². The maximum atomic E-state index is 13.2. The molecule has 1 fully saturated rings. The molecule has 1 aromatic carbocycles. The van der Waals surface area contributed by atoms with Crippen LogP contribution in [0.2, 0.25) is 0 Å². The number of aliphatic hydroxyl groups is 1. The fraction of sp³-hybridized carbons (Fsp3) is 0.462. The number of carbonyl (C=O) groups excluding carboxylic acids is 1. The van der Waals surface area contributed by atoms with Gasteiger partial charge in [-0.25, -0.2) is 9.18 Å². The molecule has 0 radical (unpaired) electrons. The van der Waals surface area contributed by atoms with Crippen LogP contribution in [0.15, 0.2) is 22.7 Å². The van der Waals surface area contributed by atoms with Crippen LogP contribution in [0.3, 0.4) is 0 Å². The molecule has 1 aromatic rings. The van der Waals surface area contributed by atoms with E-state index in [1.54, 1.807) is 11.0 Å². The molecule has 20 heavy (non-hydrogen) atoms. The smallest absolute Gasteiger partial charge is 0.321 e. The molecular formula is C13H17BrFN3O2. The lowest BCUT2D eigenvalue weighted by Gasteiger charge is -2.34. The number of hydrogen-bond donors (Lipinski definition) is 2. The van der Waals surface area contributed by atoms with E-state index < -0.39 is 5.82 Å². The summed E-state index contributed by atoms with van der Waals surface area (Å²) in [6, 6.07) is 4.04. The van der Waals surface area contributed by atoms with E-state index in [0.717, 1.165) is 13.1 Å². The minimum Gasteiger partial charge on any atom is -0.395 e. The van der Waals surface area contributed by atoms with Gasteiger partial charge in [-0.15, -0.1) is 0 Å². The highest BCUT2D eigenvalue weighted by atomic mass is 79.9. The highest BCUT2D eigenvalue weighted by Gasteiger charge is 2.20. The van der Waals surface area contributed by atoms with E-state index in [9.17, 15) is 9.18 Å². The van der Waals surface area contributed by atoms with Crippen LogP contribution >= 0.6 is 15.9 Å². The lowest BCUT2D eigenvalue weighted by molar-refractivity contribution is 0.127. The standard InChI is InChI=1S/C13H17BrFN3O2/c14-10-7-11(15)9-12(8-10)16-13(20)18-3-1-17(2-4-18)5-6-19/h7-9,19H,1-6H2,(H,16,20). The number of carbonyl (C=O) groups is 1. The van der Waals surface area contributed by atoms with Crippen LogP contribution in [0.1, 0.15) is 0 Å². The van der Waals surface area contributed by atoms with Crippen molar-refractivity contribution < 1.29 is 14.3 Å². The summed E-state index contributed by atoms with van der Waals surface area (Å²) in [5.41, 5.74) is 0.430. The largest absolute Gasteiger partial charge is 0.395 e. The Bertz CT molecular complexity index is 458. The lowest BCUT2D eigenvalue weighted by atomic mass is 10.3. The minimum absolute atomic E-state index is 0.128. The Kier molecular flexibility index (Phi) is 5.33. The number of rotatable bonds is 3. The van der Waals surface area contributed by atoms with Crippen LogP contribution in [0, 0.1) is 5.82 Å². The summed E-state index contributed by atoms with van der Waals surface area (Å²) in [6.45, 7) is 3.43. The SMILES string of the molecule is O=C(Nc1cc(F)cc(Br)c1)N1CCN(CCO)CC1. The van der Waals surface area contributed by atoms with Crippen LogP contribution in [-0.2, 0) is 0 Å². The molecule has 1 aliphatic rings. The van der Waals surface area contributed by atoms with Gasteiger partial charge in [0.2, 0.25) is 0 Å². The molecule has 0 aromatic heterocycles. The molecule has 2 N–H and O–H groups in total. The summed E-state index contributed by atoms with van der Waals surface area (Å²) < 4.78 is 13.8. The first-order valence-electron chi connectivity index (χ1n) is 6.44. The van der Waals surface area contributed by atoms with E-state index in [2.05, 4.69) is 26.1 Å². The third-order valence-electron chi connectivity index (χ3n) is 3.19. The highest BCUT2D eigenvalue weighted by molar-refractivity contribution is 9.10. The molecule has 0 bridgehead atoms. The molecular weight excluding hydrogens is 329 g/mol. The van der Waals surface area contributed by atoms with Crippen molar-refractivity contribution in [1.82, 2.24) is 9.80 Å². The number of aliphatic hydroxyl groups excluding tert-OH is 1. The summed E-state index contributed by atoms with van der Waals surface area (Å²) in [4.78, 5) is 15.9. The van der Waals surface area contributed by atoms with Crippen molar-refractivity contribution in [2.75, 3.05) is 44.6 Å². The number of amides is 2. The number of benzene rings is 1. The van der Waals surface area contributed by atoms with Crippen LogP contribution in [-0.4, -0.2) is 60.3 Å². The van der Waals surface area contributed by atoms with E-state index in [4.69, 9.17) is 5.11 Å². The molecule has 1 aliphatic heterocycles. The van der Waals surface area contributed by atoms with E-state index in [0.29, 0.717) is 29.8 Å². The molecule has 0 spiro atoms. The Balaban J connectivity index is 1.89. The van der Waals surface area contributed by atoms with Crippen LogP contribution in [0.5, 0.6) is 0 Å². The van der Waals surface area contributed by atoms with Gasteiger partial charge in [-0.2, -0.15) is 0 Å². The molecule has 0 saturated carbocycles. The molecule has 1 saturated heterocycles. The summed E-state index contributed by atoms with van der Waals surface area (Å²) >= 11 is 3.19. The quantitative estimate of drug-likeness (QED) is 0.877. The third kappa shape index (κ3) is 4.16. The van der Waals surface area contributed by atoms with Gasteiger partial charge >= 0.3 is 6.03 Å². The van der Waals surface area contributed by atoms with Gasteiger partial charge < -0.3 is 15.3 Å². The Morgan fingerprint density at radius 2 is 2.00 bits per heavy atom. The summed E-state index contributed by atoms with van der Waals surface area (Å²) in [5, 5.41) is 11.6. The van der Waals surface area contributed by atoms with Gasteiger partial charge in [-0.05, 0) is 18.2 Å². The Morgan fingerprint density at radius 1 is 1.30 bits per heavy atom. The first kappa shape index (κ1) is 15.2. The van der Waals surface area contributed by atoms with Gasteiger partial charge in [0, 0.05) is 42.9 Å². The predicted octanol–water partition coefficient (Wildman–Crippen LogP) is 1.73. The minimum atomic E-state index is -0.401. The van der Waals surface area contributed by atoms with Gasteiger partial charge in [0.25, 0.3) is 0 Å². The Morgan fingerprint density at radius 3 is 2.60 bits per heavy atom. The number of hydrogen-bond acceptors (Lipinski definition) is 3. The summed E-state index contributed by atoms with van der Waals surface area (Å²) in [5.74, 6) is -0.401. The van der Waals surface area contributed by atoms with E-state index >= 15 is 0 Å². The summed E-state index contributed by atoms with van der Waals surface area (Å²) in [7, 11) is 0. The van der Waals surface area contributed by atoms with Crippen LogP contribution in [0.4, 0.5) is 14.9 Å². The molecule has 0 atom stereocenters. The van der Waals surface area contributed by atoms with Gasteiger partial charge in [0.1, 0.15) is 5.82 Å².